The van der Waals surface area contributed by atoms with Gasteiger partial charge in [0.1, 0.15) is 0 Å². The second-order valence-electron chi connectivity index (χ2n) is 6.71. The number of aliphatic carboxylic acids is 1. The van der Waals surface area contributed by atoms with E-state index in [1.807, 2.05) is 0 Å². The van der Waals surface area contributed by atoms with Crippen LogP contribution in [0, 0.1) is 22.7 Å². The molecule has 1 spiro atoms. The van der Waals surface area contributed by atoms with Crippen LogP contribution in [0.15, 0.2) is 11.6 Å². The first-order chi connectivity index (χ1) is 7.98. The zero-order valence-electron chi connectivity index (χ0n) is 10.8. The molecule has 0 aromatic carbocycles. The van der Waals surface area contributed by atoms with Gasteiger partial charge in [-0.1, -0.05) is 32.8 Å². The van der Waals surface area contributed by atoms with E-state index >= 15 is 0 Å². The summed E-state index contributed by atoms with van der Waals surface area (Å²) < 4.78 is 0. The second kappa shape index (κ2) is 3.37. The lowest BCUT2D eigenvalue weighted by molar-refractivity contribution is -0.134. The lowest BCUT2D eigenvalue weighted by Gasteiger charge is -2.55. The lowest BCUT2D eigenvalue weighted by atomic mass is 9.49. The predicted octanol–water partition coefficient (Wildman–Crippen LogP) is 3.62. The molecule has 0 heterocycles. The van der Waals surface area contributed by atoms with E-state index in [0.29, 0.717) is 11.3 Å². The summed E-state index contributed by atoms with van der Waals surface area (Å²) in [4.78, 5) is 11.4. The molecule has 4 unspecified atom stereocenters. The zero-order chi connectivity index (χ0) is 12.3. The summed E-state index contributed by atoms with van der Waals surface area (Å²) in [7, 11) is 0. The van der Waals surface area contributed by atoms with Gasteiger partial charge in [0.05, 0.1) is 0 Å². The first kappa shape index (κ1) is 11.3. The van der Waals surface area contributed by atoms with E-state index in [4.69, 9.17) is 0 Å². The largest absolute Gasteiger partial charge is 0.478 e. The molecule has 0 amide bonds. The molecule has 1 N–H and O–H groups in total. The van der Waals surface area contributed by atoms with Gasteiger partial charge in [-0.25, -0.2) is 4.79 Å². The van der Waals surface area contributed by atoms with Gasteiger partial charge in [-0.2, -0.15) is 0 Å². The van der Waals surface area contributed by atoms with Crippen LogP contribution in [-0.4, -0.2) is 11.1 Å². The van der Waals surface area contributed by atoms with Crippen molar-refractivity contribution >= 4 is 5.97 Å². The monoisotopic (exact) mass is 234 g/mol. The van der Waals surface area contributed by atoms with Gasteiger partial charge in [0.15, 0.2) is 0 Å². The van der Waals surface area contributed by atoms with E-state index in [1.165, 1.54) is 25.7 Å². The Labute approximate surface area is 103 Å². The first-order valence-electron chi connectivity index (χ1n) is 6.95. The number of hydrogen-bond donors (Lipinski definition) is 1. The van der Waals surface area contributed by atoms with Crippen LogP contribution in [0.1, 0.15) is 52.4 Å². The molecule has 3 aliphatic carbocycles. The topological polar surface area (TPSA) is 37.3 Å². The lowest BCUT2D eigenvalue weighted by Crippen LogP contribution is -2.47. The van der Waals surface area contributed by atoms with Gasteiger partial charge in [-0.3, -0.25) is 0 Å². The molecule has 0 aromatic rings. The number of rotatable bonds is 1. The van der Waals surface area contributed by atoms with Gasteiger partial charge in [0.2, 0.25) is 0 Å². The third kappa shape index (κ3) is 1.30. The molecule has 2 heteroatoms. The van der Waals surface area contributed by atoms with E-state index in [2.05, 4.69) is 19.9 Å². The van der Waals surface area contributed by atoms with Crippen molar-refractivity contribution in [3.05, 3.63) is 11.6 Å². The summed E-state index contributed by atoms with van der Waals surface area (Å²) in [5, 5.41) is 9.36. The Balaban J connectivity index is 2.10. The normalized spacial score (nSPS) is 48.5. The van der Waals surface area contributed by atoms with Crippen molar-refractivity contribution in [3.63, 3.8) is 0 Å². The standard InChI is InChI=1S/C15H22O2/c1-10-4-3-6-14(2)9-12(13(16)17)11-5-7-15(10,14)8-11/h9-11H,3-8H2,1-2H3,(H,16,17). The van der Waals surface area contributed by atoms with Crippen LogP contribution in [-0.2, 0) is 4.79 Å². The minimum absolute atomic E-state index is 0.144. The molecule has 17 heavy (non-hydrogen) atoms. The number of allylic oxidation sites excluding steroid dienone is 1. The number of hydrogen-bond acceptors (Lipinski definition) is 1. The van der Waals surface area contributed by atoms with E-state index in [1.54, 1.807) is 0 Å². The Hall–Kier alpha value is -0.790. The number of carbonyl (C=O) groups is 1. The van der Waals surface area contributed by atoms with Gasteiger partial charge in [0, 0.05) is 5.57 Å². The minimum Gasteiger partial charge on any atom is -0.478 e. The van der Waals surface area contributed by atoms with Crippen LogP contribution in [0.3, 0.4) is 0 Å². The van der Waals surface area contributed by atoms with E-state index in [0.717, 1.165) is 24.3 Å². The van der Waals surface area contributed by atoms with Crippen LogP contribution in [0.5, 0.6) is 0 Å². The fourth-order valence-electron chi connectivity index (χ4n) is 5.08. The molecule has 3 rings (SSSR count). The maximum absolute atomic E-state index is 11.4. The van der Waals surface area contributed by atoms with Crippen molar-refractivity contribution in [1.82, 2.24) is 0 Å². The van der Waals surface area contributed by atoms with Crippen LogP contribution < -0.4 is 0 Å². The third-order valence-electron chi connectivity index (χ3n) is 6.12. The van der Waals surface area contributed by atoms with Gasteiger partial charge in [-0.15, -0.1) is 0 Å². The van der Waals surface area contributed by atoms with Crippen LogP contribution in [0.25, 0.3) is 0 Å². The molecule has 0 radical (unpaired) electrons. The Morgan fingerprint density at radius 3 is 2.88 bits per heavy atom. The summed E-state index contributed by atoms with van der Waals surface area (Å²) in [6, 6.07) is 0. The smallest absolute Gasteiger partial charge is 0.331 e. The number of fused-ring (bicyclic) bond motifs is 1. The van der Waals surface area contributed by atoms with Gasteiger partial charge < -0.3 is 5.11 Å². The van der Waals surface area contributed by atoms with Gasteiger partial charge >= 0.3 is 5.97 Å². The Morgan fingerprint density at radius 2 is 2.18 bits per heavy atom. The maximum Gasteiger partial charge on any atom is 0.331 e. The summed E-state index contributed by atoms with van der Waals surface area (Å²) in [5.41, 5.74) is 1.27. The van der Waals surface area contributed by atoms with Crippen LogP contribution in [0.4, 0.5) is 0 Å². The van der Waals surface area contributed by atoms with Crippen molar-refractivity contribution in [2.24, 2.45) is 22.7 Å². The highest BCUT2D eigenvalue weighted by molar-refractivity contribution is 5.87. The van der Waals surface area contributed by atoms with Gasteiger partial charge in [-0.05, 0) is 48.3 Å². The van der Waals surface area contributed by atoms with Crippen molar-refractivity contribution in [3.8, 4) is 0 Å². The SMILES string of the molecule is CC1CCCC2(C)C=C(C(=O)O)C3CCC12C3. The molecule has 2 saturated carbocycles. The Kier molecular flexibility index (Phi) is 2.24. The molecule has 4 atom stereocenters. The molecule has 94 valence electrons. The molecular formula is C15H22O2. The van der Waals surface area contributed by atoms with Crippen LogP contribution >= 0.6 is 0 Å². The molecule has 2 fully saturated rings. The average Bonchev–Trinajstić information content (AvgIpc) is 2.65. The Morgan fingerprint density at radius 1 is 1.41 bits per heavy atom. The summed E-state index contributed by atoms with van der Waals surface area (Å²) in [6.07, 6.45) is 9.38. The molecular weight excluding hydrogens is 212 g/mol. The molecule has 2 nitrogen and oxygen atoms in total. The number of carboxylic acid groups (broad SMARTS) is 1. The predicted molar refractivity (Wildman–Crippen MR) is 66.6 cm³/mol. The van der Waals surface area contributed by atoms with Gasteiger partial charge in [0.25, 0.3) is 0 Å². The van der Waals surface area contributed by atoms with Crippen LogP contribution in [0.2, 0.25) is 0 Å². The summed E-state index contributed by atoms with van der Waals surface area (Å²) >= 11 is 0. The highest BCUT2D eigenvalue weighted by Gasteiger charge is 2.59. The maximum atomic E-state index is 11.4. The second-order valence-corrected chi connectivity index (χ2v) is 6.71. The third-order valence-corrected chi connectivity index (χ3v) is 6.12. The van der Waals surface area contributed by atoms with Crippen molar-refractivity contribution in [2.75, 3.05) is 0 Å². The molecule has 2 bridgehead atoms. The van der Waals surface area contributed by atoms with Crippen molar-refractivity contribution in [2.45, 2.75) is 52.4 Å². The molecule has 3 aliphatic rings. The fourth-order valence-corrected chi connectivity index (χ4v) is 5.08. The highest BCUT2D eigenvalue weighted by atomic mass is 16.4. The molecule has 0 aromatic heterocycles. The first-order valence-corrected chi connectivity index (χ1v) is 6.95. The molecule has 0 aliphatic heterocycles. The zero-order valence-corrected chi connectivity index (χ0v) is 10.8. The van der Waals surface area contributed by atoms with E-state index in [-0.39, 0.29) is 5.41 Å². The average molecular weight is 234 g/mol. The summed E-state index contributed by atoms with van der Waals surface area (Å²) in [6.45, 7) is 4.70. The van der Waals surface area contributed by atoms with Crippen molar-refractivity contribution in [1.29, 1.82) is 0 Å². The van der Waals surface area contributed by atoms with Crippen molar-refractivity contribution < 1.29 is 9.90 Å². The highest BCUT2D eigenvalue weighted by Crippen LogP contribution is 2.67. The summed E-state index contributed by atoms with van der Waals surface area (Å²) in [5.74, 6) is 0.420. The fraction of sp³-hybridized carbons (Fsp3) is 0.800. The van der Waals surface area contributed by atoms with E-state index < -0.39 is 5.97 Å². The molecule has 0 saturated heterocycles. The Bertz CT molecular complexity index is 398. The minimum atomic E-state index is -0.676. The van der Waals surface area contributed by atoms with E-state index in [9.17, 15) is 9.90 Å². The number of carboxylic acids is 1. The quantitative estimate of drug-likeness (QED) is 0.752.